The topological polar surface area (TPSA) is 26.3 Å². The molecule has 2 rings (SSSR count). The molecule has 0 spiro atoms. The van der Waals surface area contributed by atoms with Crippen LogP contribution in [0, 0.1) is 17.3 Å². The fourth-order valence-electron chi connectivity index (χ4n) is 3.02. The molecule has 0 unspecified atom stereocenters. The maximum atomic E-state index is 12.5. The van der Waals surface area contributed by atoms with Crippen molar-refractivity contribution in [1.82, 2.24) is 0 Å². The van der Waals surface area contributed by atoms with Crippen molar-refractivity contribution < 1.29 is 9.53 Å². The van der Waals surface area contributed by atoms with Gasteiger partial charge in [0.1, 0.15) is 5.75 Å². The van der Waals surface area contributed by atoms with Gasteiger partial charge in [-0.3, -0.25) is 4.79 Å². The van der Waals surface area contributed by atoms with Crippen molar-refractivity contribution in [3.05, 3.63) is 41.5 Å². The van der Waals surface area contributed by atoms with Gasteiger partial charge in [-0.05, 0) is 42.7 Å². The second-order valence-corrected chi connectivity index (χ2v) is 7.18. The van der Waals surface area contributed by atoms with Crippen molar-refractivity contribution in [3.63, 3.8) is 0 Å². The summed E-state index contributed by atoms with van der Waals surface area (Å²) in [6, 6.07) is 7.82. The number of hydrogen-bond acceptors (Lipinski definition) is 2. The van der Waals surface area contributed by atoms with E-state index in [0.717, 1.165) is 5.56 Å². The molecule has 0 bridgehead atoms. The predicted octanol–water partition coefficient (Wildman–Crippen LogP) is 4.95. The Morgan fingerprint density at radius 2 is 1.86 bits per heavy atom. The van der Waals surface area contributed by atoms with Crippen molar-refractivity contribution in [2.45, 2.75) is 47.5 Å². The first kappa shape index (κ1) is 15.8. The molecule has 1 aliphatic carbocycles. The molecule has 1 aromatic carbocycles. The van der Waals surface area contributed by atoms with Crippen LogP contribution in [-0.2, 0) is 4.79 Å². The Labute approximate surface area is 128 Å². The zero-order valence-electron chi connectivity index (χ0n) is 13.9. The van der Waals surface area contributed by atoms with Crippen LogP contribution in [0.4, 0.5) is 0 Å². The highest BCUT2D eigenvalue weighted by atomic mass is 16.5. The highest BCUT2D eigenvalue weighted by Gasteiger charge is 2.61. The maximum Gasteiger partial charge on any atom is 0.315 e. The third-order valence-corrected chi connectivity index (χ3v) is 4.43. The van der Waals surface area contributed by atoms with E-state index < -0.39 is 0 Å². The van der Waals surface area contributed by atoms with Crippen LogP contribution < -0.4 is 4.74 Å². The Morgan fingerprint density at radius 3 is 2.43 bits per heavy atom. The first-order chi connectivity index (χ1) is 9.75. The minimum Gasteiger partial charge on any atom is -0.426 e. The molecule has 0 aliphatic heterocycles. The molecule has 1 fully saturated rings. The van der Waals surface area contributed by atoms with Gasteiger partial charge in [-0.15, -0.1) is 0 Å². The number of ether oxygens (including phenoxy) is 1. The standard InChI is InChI=1S/C19H26O2/c1-12(2)11-15-17(19(15,5)6)18(20)21-16-10-8-7-9-14(16)13(3)4/h7-11,13,15,17H,1-6H3/t15-,17-/m0/s1. The van der Waals surface area contributed by atoms with E-state index in [9.17, 15) is 4.79 Å². The van der Waals surface area contributed by atoms with E-state index in [4.69, 9.17) is 4.74 Å². The largest absolute Gasteiger partial charge is 0.426 e. The summed E-state index contributed by atoms with van der Waals surface area (Å²) in [5.41, 5.74) is 2.34. The number of para-hydroxylation sites is 1. The molecule has 0 saturated heterocycles. The van der Waals surface area contributed by atoms with Crippen LogP contribution in [0.25, 0.3) is 0 Å². The van der Waals surface area contributed by atoms with Crippen molar-refractivity contribution in [1.29, 1.82) is 0 Å². The zero-order chi connectivity index (χ0) is 15.8. The lowest BCUT2D eigenvalue weighted by molar-refractivity contribution is -0.136. The van der Waals surface area contributed by atoms with Gasteiger partial charge < -0.3 is 4.74 Å². The molecule has 2 atom stereocenters. The molecule has 114 valence electrons. The van der Waals surface area contributed by atoms with Crippen LogP contribution >= 0.6 is 0 Å². The minimum atomic E-state index is -0.101. The van der Waals surface area contributed by atoms with Gasteiger partial charge in [0.05, 0.1) is 5.92 Å². The number of allylic oxidation sites excluding steroid dienone is 2. The van der Waals surface area contributed by atoms with Gasteiger partial charge in [0.25, 0.3) is 0 Å². The van der Waals surface area contributed by atoms with Crippen LogP contribution in [0.2, 0.25) is 0 Å². The third-order valence-electron chi connectivity index (χ3n) is 4.43. The molecule has 1 saturated carbocycles. The number of rotatable bonds is 4. The first-order valence-corrected chi connectivity index (χ1v) is 7.70. The Hall–Kier alpha value is -1.57. The van der Waals surface area contributed by atoms with Gasteiger partial charge in [0, 0.05) is 0 Å². The molecule has 2 nitrogen and oxygen atoms in total. The van der Waals surface area contributed by atoms with Gasteiger partial charge in [-0.2, -0.15) is 0 Å². The average molecular weight is 286 g/mol. The number of carbonyl (C=O) groups is 1. The van der Waals surface area contributed by atoms with Gasteiger partial charge in [-0.1, -0.05) is 57.5 Å². The molecule has 0 N–H and O–H groups in total. The predicted molar refractivity (Wildman–Crippen MR) is 86.4 cm³/mol. The monoisotopic (exact) mass is 286 g/mol. The lowest BCUT2D eigenvalue weighted by Gasteiger charge is -2.12. The van der Waals surface area contributed by atoms with Crippen LogP contribution in [-0.4, -0.2) is 5.97 Å². The zero-order valence-corrected chi connectivity index (χ0v) is 13.9. The van der Waals surface area contributed by atoms with Gasteiger partial charge in [-0.25, -0.2) is 0 Å². The Bertz CT molecular complexity index is 563. The number of esters is 1. The maximum absolute atomic E-state index is 12.5. The van der Waals surface area contributed by atoms with E-state index in [1.807, 2.05) is 24.3 Å². The SMILES string of the molecule is CC(C)=C[C@H]1[C@@H](C(=O)Oc2ccccc2C(C)C)C1(C)C. The molecular weight excluding hydrogens is 260 g/mol. The minimum absolute atomic E-state index is 0.00112. The lowest BCUT2D eigenvalue weighted by atomic mass is 10.0. The van der Waals surface area contributed by atoms with Crippen LogP contribution in [0.15, 0.2) is 35.9 Å². The fraction of sp³-hybridized carbons (Fsp3) is 0.526. The second kappa shape index (κ2) is 5.67. The third kappa shape index (κ3) is 3.20. The van der Waals surface area contributed by atoms with Gasteiger partial charge >= 0.3 is 5.97 Å². The lowest BCUT2D eigenvalue weighted by Crippen LogP contribution is -2.15. The highest BCUT2D eigenvalue weighted by Crippen LogP contribution is 2.59. The molecule has 21 heavy (non-hydrogen) atoms. The normalized spacial score (nSPS) is 22.8. The summed E-state index contributed by atoms with van der Waals surface area (Å²) in [5, 5.41) is 0. The molecule has 0 amide bonds. The van der Waals surface area contributed by atoms with Crippen molar-refractivity contribution >= 4 is 5.97 Å². The van der Waals surface area contributed by atoms with E-state index >= 15 is 0 Å². The molecule has 0 radical (unpaired) electrons. The van der Waals surface area contributed by atoms with Crippen LogP contribution in [0.1, 0.15) is 53.0 Å². The molecule has 1 aliphatic rings. The Kier molecular flexibility index (Phi) is 4.27. The summed E-state index contributed by atoms with van der Waals surface area (Å²) < 4.78 is 5.71. The second-order valence-electron chi connectivity index (χ2n) is 7.18. The van der Waals surface area contributed by atoms with Crippen LogP contribution in [0.5, 0.6) is 5.75 Å². The fourth-order valence-corrected chi connectivity index (χ4v) is 3.02. The van der Waals surface area contributed by atoms with Crippen molar-refractivity contribution in [2.75, 3.05) is 0 Å². The van der Waals surface area contributed by atoms with E-state index in [1.54, 1.807) is 0 Å². The molecule has 0 heterocycles. The summed E-state index contributed by atoms with van der Waals surface area (Å²) in [7, 11) is 0. The summed E-state index contributed by atoms with van der Waals surface area (Å²) in [6.07, 6.45) is 2.19. The Balaban J connectivity index is 2.15. The van der Waals surface area contributed by atoms with Crippen molar-refractivity contribution in [3.8, 4) is 5.75 Å². The summed E-state index contributed by atoms with van der Waals surface area (Å²) in [5.74, 6) is 1.20. The molecular formula is C19H26O2. The molecule has 1 aromatic rings. The number of carbonyl (C=O) groups excluding carboxylic acids is 1. The molecule has 2 heteroatoms. The van der Waals surface area contributed by atoms with Gasteiger partial charge in [0.15, 0.2) is 0 Å². The van der Waals surface area contributed by atoms with Crippen LogP contribution in [0.3, 0.4) is 0 Å². The summed E-state index contributed by atoms with van der Waals surface area (Å²) in [4.78, 5) is 12.5. The van der Waals surface area contributed by atoms with Gasteiger partial charge in [0.2, 0.25) is 0 Å². The quantitative estimate of drug-likeness (QED) is 0.444. The van der Waals surface area contributed by atoms with E-state index in [-0.39, 0.29) is 17.3 Å². The average Bonchev–Trinajstić information content (AvgIpc) is 2.90. The van der Waals surface area contributed by atoms with Crippen molar-refractivity contribution in [2.24, 2.45) is 17.3 Å². The Morgan fingerprint density at radius 1 is 1.24 bits per heavy atom. The summed E-state index contributed by atoms with van der Waals surface area (Å²) in [6.45, 7) is 12.6. The van der Waals surface area contributed by atoms with E-state index in [1.165, 1.54) is 5.57 Å². The highest BCUT2D eigenvalue weighted by molar-refractivity contribution is 5.80. The van der Waals surface area contributed by atoms with E-state index in [2.05, 4.69) is 47.6 Å². The number of hydrogen-bond donors (Lipinski definition) is 0. The van der Waals surface area contributed by atoms with E-state index in [0.29, 0.717) is 17.6 Å². The molecule has 0 aromatic heterocycles. The summed E-state index contributed by atoms with van der Waals surface area (Å²) >= 11 is 0. The smallest absolute Gasteiger partial charge is 0.315 e. The first-order valence-electron chi connectivity index (χ1n) is 7.70. The number of benzene rings is 1.